The Balaban J connectivity index is 0.00000480. The molecule has 8 nitrogen and oxygen atoms in total. The first-order chi connectivity index (χ1) is 14.3. The second-order valence-electron chi connectivity index (χ2n) is 7.50. The van der Waals surface area contributed by atoms with E-state index in [4.69, 9.17) is 14.5 Å². The van der Waals surface area contributed by atoms with Crippen LogP contribution in [-0.2, 0) is 16.4 Å². The molecule has 178 valence electrons. The lowest BCUT2D eigenvalue weighted by Crippen LogP contribution is -2.49. The van der Waals surface area contributed by atoms with Gasteiger partial charge >= 0.3 is 0 Å². The zero-order valence-electron chi connectivity index (χ0n) is 19.0. The molecule has 0 aliphatic carbocycles. The molecule has 10 heteroatoms. The molecule has 0 spiro atoms. The van der Waals surface area contributed by atoms with Gasteiger partial charge in [0, 0.05) is 38.5 Å². The third-order valence-corrected chi connectivity index (χ3v) is 5.92. The molecule has 1 aliphatic rings. The van der Waals surface area contributed by atoms with Gasteiger partial charge in [-0.3, -0.25) is 0 Å². The monoisotopic (exact) mass is 568 g/mol. The molecule has 2 N–H and O–H groups in total. The maximum atomic E-state index is 11.4. The number of aliphatic imine (C=N–C) groups is 1. The van der Waals surface area contributed by atoms with E-state index in [9.17, 15) is 8.42 Å². The Bertz CT molecular complexity index is 797. The van der Waals surface area contributed by atoms with Crippen LogP contribution in [0.15, 0.2) is 23.2 Å². The van der Waals surface area contributed by atoms with Gasteiger partial charge in [-0.15, -0.1) is 24.0 Å². The standard InChI is InChI=1S/C21H36N4O4S.HI/c1-5-22-21(23-16-17-7-8-19(28-3)20(15-17)29-6-2)24-18-9-11-25(12-10-18)13-14-30(4,26)27;/h7-8,15,18H,5-6,9-14,16H2,1-4H3,(H2,22,23,24);1H. The van der Waals surface area contributed by atoms with Crippen molar-refractivity contribution in [3.05, 3.63) is 23.8 Å². The molecule has 1 heterocycles. The average Bonchev–Trinajstić information content (AvgIpc) is 2.71. The first kappa shape index (κ1) is 27.8. The molecule has 0 atom stereocenters. The normalized spacial score (nSPS) is 15.8. The van der Waals surface area contributed by atoms with Gasteiger partial charge in [0.2, 0.25) is 0 Å². The minimum atomic E-state index is -2.91. The lowest BCUT2D eigenvalue weighted by atomic mass is 10.1. The van der Waals surface area contributed by atoms with E-state index in [1.54, 1.807) is 7.11 Å². The van der Waals surface area contributed by atoms with Crippen molar-refractivity contribution < 1.29 is 17.9 Å². The number of rotatable bonds is 10. The number of hydrogen-bond acceptors (Lipinski definition) is 6. The van der Waals surface area contributed by atoms with Crippen LogP contribution in [0.3, 0.4) is 0 Å². The Hall–Kier alpha value is -1.27. The molecule has 0 bridgehead atoms. The van der Waals surface area contributed by atoms with Crippen LogP contribution in [0.25, 0.3) is 0 Å². The fourth-order valence-electron chi connectivity index (χ4n) is 3.37. The van der Waals surface area contributed by atoms with Crippen LogP contribution in [0.1, 0.15) is 32.3 Å². The number of sulfone groups is 1. The molecule has 1 aromatic rings. The summed E-state index contributed by atoms with van der Waals surface area (Å²) in [6.07, 6.45) is 3.22. The molecular formula is C21H37IN4O4S. The van der Waals surface area contributed by atoms with Crippen LogP contribution >= 0.6 is 24.0 Å². The number of methoxy groups -OCH3 is 1. The van der Waals surface area contributed by atoms with Gasteiger partial charge in [0.05, 0.1) is 26.0 Å². The third kappa shape index (κ3) is 10.3. The molecule has 1 fully saturated rings. The highest BCUT2D eigenvalue weighted by atomic mass is 127. The summed E-state index contributed by atoms with van der Waals surface area (Å²) in [5, 5.41) is 6.83. The largest absolute Gasteiger partial charge is 0.493 e. The van der Waals surface area contributed by atoms with Gasteiger partial charge < -0.3 is 25.0 Å². The Labute approximate surface area is 204 Å². The molecule has 31 heavy (non-hydrogen) atoms. The van der Waals surface area contributed by atoms with E-state index in [2.05, 4.69) is 15.5 Å². The highest BCUT2D eigenvalue weighted by molar-refractivity contribution is 14.0. The Morgan fingerprint density at radius 3 is 2.52 bits per heavy atom. The number of benzene rings is 1. The zero-order chi connectivity index (χ0) is 22.0. The number of piperidine rings is 1. The lowest BCUT2D eigenvalue weighted by Gasteiger charge is -2.32. The van der Waals surface area contributed by atoms with Crippen LogP contribution in [0.4, 0.5) is 0 Å². The van der Waals surface area contributed by atoms with Gasteiger partial charge in [-0.1, -0.05) is 6.07 Å². The van der Waals surface area contributed by atoms with E-state index < -0.39 is 9.84 Å². The van der Waals surface area contributed by atoms with Crippen molar-refractivity contribution in [2.45, 2.75) is 39.3 Å². The van der Waals surface area contributed by atoms with Gasteiger partial charge in [0.15, 0.2) is 17.5 Å². The van der Waals surface area contributed by atoms with E-state index in [1.165, 1.54) is 6.26 Å². The van der Waals surface area contributed by atoms with E-state index >= 15 is 0 Å². The molecule has 0 saturated carbocycles. The van der Waals surface area contributed by atoms with Gasteiger partial charge in [-0.25, -0.2) is 13.4 Å². The smallest absolute Gasteiger partial charge is 0.191 e. The lowest BCUT2D eigenvalue weighted by molar-refractivity contribution is 0.216. The fourth-order valence-corrected chi connectivity index (χ4v) is 3.96. The minimum Gasteiger partial charge on any atom is -0.493 e. The molecule has 1 aliphatic heterocycles. The Kier molecular flexibility index (Phi) is 12.5. The first-order valence-electron chi connectivity index (χ1n) is 10.6. The summed E-state index contributed by atoms with van der Waals surface area (Å²) in [6.45, 7) is 8.29. The zero-order valence-corrected chi connectivity index (χ0v) is 22.2. The summed E-state index contributed by atoms with van der Waals surface area (Å²) in [4.78, 5) is 6.95. The van der Waals surface area contributed by atoms with Crippen molar-refractivity contribution in [1.29, 1.82) is 0 Å². The number of likely N-dealkylation sites (tertiary alicyclic amines) is 1. The molecule has 1 aromatic carbocycles. The fraction of sp³-hybridized carbons (Fsp3) is 0.667. The molecule has 2 rings (SSSR count). The number of guanidine groups is 1. The van der Waals surface area contributed by atoms with Gasteiger partial charge in [-0.2, -0.15) is 0 Å². The predicted octanol–water partition coefficient (Wildman–Crippen LogP) is 2.28. The predicted molar refractivity (Wildman–Crippen MR) is 137 cm³/mol. The van der Waals surface area contributed by atoms with Crippen molar-refractivity contribution >= 4 is 39.8 Å². The van der Waals surface area contributed by atoms with Crippen molar-refractivity contribution in [2.24, 2.45) is 4.99 Å². The van der Waals surface area contributed by atoms with E-state index in [1.807, 2.05) is 32.0 Å². The summed E-state index contributed by atoms with van der Waals surface area (Å²) in [5.41, 5.74) is 1.05. The third-order valence-electron chi connectivity index (χ3n) is 5.00. The Morgan fingerprint density at radius 1 is 1.23 bits per heavy atom. The van der Waals surface area contributed by atoms with Crippen LogP contribution in [0.2, 0.25) is 0 Å². The molecule has 0 amide bonds. The van der Waals surface area contributed by atoms with E-state index in [0.29, 0.717) is 25.7 Å². The SMILES string of the molecule is CCNC(=NCc1ccc(OC)c(OCC)c1)NC1CCN(CCS(C)(=O)=O)CC1.I. The quantitative estimate of drug-likeness (QED) is 0.254. The van der Waals surface area contributed by atoms with E-state index in [-0.39, 0.29) is 29.7 Å². The van der Waals surface area contributed by atoms with Crippen molar-refractivity contribution in [2.75, 3.05) is 51.9 Å². The average molecular weight is 569 g/mol. The maximum absolute atomic E-state index is 11.4. The second-order valence-corrected chi connectivity index (χ2v) is 9.76. The second kappa shape index (κ2) is 14.0. The molecule has 0 radical (unpaired) electrons. The van der Waals surface area contributed by atoms with Gasteiger partial charge in [0.1, 0.15) is 9.84 Å². The summed E-state index contributed by atoms with van der Waals surface area (Å²) in [5.74, 6) is 2.46. The van der Waals surface area contributed by atoms with Crippen molar-refractivity contribution in [1.82, 2.24) is 15.5 Å². The van der Waals surface area contributed by atoms with Crippen LogP contribution in [-0.4, -0.2) is 77.2 Å². The molecule has 0 aromatic heterocycles. The summed E-state index contributed by atoms with van der Waals surface area (Å²) >= 11 is 0. The highest BCUT2D eigenvalue weighted by Crippen LogP contribution is 2.28. The summed E-state index contributed by atoms with van der Waals surface area (Å²) in [7, 11) is -1.28. The summed E-state index contributed by atoms with van der Waals surface area (Å²) < 4.78 is 33.7. The molecule has 0 unspecified atom stereocenters. The van der Waals surface area contributed by atoms with Gasteiger partial charge in [-0.05, 0) is 44.4 Å². The maximum Gasteiger partial charge on any atom is 0.191 e. The van der Waals surface area contributed by atoms with Crippen molar-refractivity contribution in [3.8, 4) is 11.5 Å². The van der Waals surface area contributed by atoms with Gasteiger partial charge in [0.25, 0.3) is 0 Å². The minimum absolute atomic E-state index is 0. The summed E-state index contributed by atoms with van der Waals surface area (Å²) in [6, 6.07) is 6.19. The number of halogens is 1. The number of nitrogens with zero attached hydrogens (tertiary/aromatic N) is 2. The van der Waals surface area contributed by atoms with Crippen molar-refractivity contribution in [3.63, 3.8) is 0 Å². The molecule has 1 saturated heterocycles. The van der Waals surface area contributed by atoms with E-state index in [0.717, 1.165) is 55.5 Å². The molecular weight excluding hydrogens is 531 g/mol. The number of hydrogen-bond donors (Lipinski definition) is 2. The van der Waals surface area contributed by atoms with Crippen LogP contribution in [0.5, 0.6) is 11.5 Å². The Morgan fingerprint density at radius 2 is 1.94 bits per heavy atom. The number of ether oxygens (including phenoxy) is 2. The first-order valence-corrected chi connectivity index (χ1v) is 12.6. The topological polar surface area (TPSA) is 92.3 Å². The van der Waals surface area contributed by atoms with Crippen LogP contribution < -0.4 is 20.1 Å². The number of nitrogens with one attached hydrogen (secondary N) is 2. The highest BCUT2D eigenvalue weighted by Gasteiger charge is 2.20. The van der Waals surface area contributed by atoms with Crippen LogP contribution in [0, 0.1) is 0 Å².